The molecule has 0 atom stereocenters. The zero-order valence-corrected chi connectivity index (χ0v) is 12.7. The summed E-state index contributed by atoms with van der Waals surface area (Å²) in [5, 5.41) is 2.24. The summed E-state index contributed by atoms with van der Waals surface area (Å²) in [6, 6.07) is 24.8. The Kier molecular flexibility index (Phi) is 2.07. The first-order valence-corrected chi connectivity index (χ1v) is 7.97. The quantitative estimate of drug-likeness (QED) is 0.416. The first-order chi connectivity index (χ1) is 11.9. The molecule has 24 heavy (non-hydrogen) atoms. The van der Waals surface area contributed by atoms with E-state index in [0.29, 0.717) is 0 Å². The lowest BCUT2D eigenvalue weighted by atomic mass is 10.2. The number of nitrogens with zero attached hydrogens (tertiary/aromatic N) is 4. The van der Waals surface area contributed by atoms with E-state index < -0.39 is 0 Å². The number of hydrogen-bond donors (Lipinski definition) is 0. The highest BCUT2D eigenvalue weighted by Crippen LogP contribution is 2.29. The van der Waals surface area contributed by atoms with E-state index in [2.05, 4.69) is 69.7 Å². The van der Waals surface area contributed by atoms with Crippen molar-refractivity contribution in [2.24, 2.45) is 0 Å². The van der Waals surface area contributed by atoms with Gasteiger partial charge in [0, 0.05) is 10.8 Å². The molecule has 0 aliphatic rings. The van der Waals surface area contributed by atoms with Crippen LogP contribution < -0.4 is 0 Å². The van der Waals surface area contributed by atoms with Gasteiger partial charge in [0.25, 0.3) is 0 Å². The van der Waals surface area contributed by atoms with Crippen LogP contribution in [-0.2, 0) is 0 Å². The largest absolute Gasteiger partial charge is 0.226 e. The molecule has 0 aliphatic heterocycles. The lowest BCUT2D eigenvalue weighted by Crippen LogP contribution is -2.01. The third-order valence-corrected chi connectivity index (χ3v) is 4.68. The van der Waals surface area contributed by atoms with Gasteiger partial charge in [-0.3, -0.25) is 0 Å². The molecule has 0 fully saturated rings. The van der Waals surface area contributed by atoms with Crippen LogP contribution in [0.15, 0.2) is 72.8 Å². The number of benzene rings is 3. The van der Waals surface area contributed by atoms with Crippen molar-refractivity contribution in [1.29, 1.82) is 0 Å². The Labute approximate surface area is 136 Å². The third kappa shape index (κ3) is 1.34. The molecule has 3 aromatic carbocycles. The highest BCUT2D eigenvalue weighted by Gasteiger charge is 2.16. The Hall–Kier alpha value is -3.40. The van der Waals surface area contributed by atoms with Gasteiger partial charge in [0.2, 0.25) is 0 Å². The maximum absolute atomic E-state index is 4.89. The van der Waals surface area contributed by atoms with Crippen LogP contribution in [0.3, 0.4) is 0 Å². The van der Waals surface area contributed by atoms with Crippen LogP contribution >= 0.6 is 0 Å². The summed E-state index contributed by atoms with van der Waals surface area (Å²) < 4.78 is 4.37. The van der Waals surface area contributed by atoms with Crippen molar-refractivity contribution in [3.63, 3.8) is 0 Å². The average Bonchev–Trinajstić information content (AvgIpc) is 3.20. The molecule has 112 valence electrons. The van der Waals surface area contributed by atoms with Crippen LogP contribution in [0.25, 0.3) is 44.1 Å². The summed E-state index contributed by atoms with van der Waals surface area (Å²) in [5.41, 5.74) is 6.09. The number of para-hydroxylation sites is 4. The minimum absolute atomic E-state index is 0.961. The summed E-state index contributed by atoms with van der Waals surface area (Å²) >= 11 is 0. The van der Waals surface area contributed by atoms with Crippen LogP contribution in [0.2, 0.25) is 0 Å². The molecule has 6 aromatic rings. The maximum Gasteiger partial charge on any atom is 0.161 e. The molecule has 0 spiro atoms. The second-order valence-electron chi connectivity index (χ2n) is 6.02. The first kappa shape index (κ1) is 12.1. The summed E-state index contributed by atoms with van der Waals surface area (Å²) in [6.45, 7) is 0. The Morgan fingerprint density at radius 1 is 0.500 bits per heavy atom. The van der Waals surface area contributed by atoms with Crippen molar-refractivity contribution >= 4 is 44.1 Å². The van der Waals surface area contributed by atoms with Gasteiger partial charge in [-0.1, -0.05) is 48.5 Å². The predicted octanol–water partition coefficient (Wildman–Crippen LogP) is 4.44. The number of hydrogen-bond acceptors (Lipinski definition) is 2. The van der Waals surface area contributed by atoms with E-state index in [1.54, 1.807) is 0 Å². The number of imidazole rings is 2. The molecule has 0 bridgehead atoms. The minimum Gasteiger partial charge on any atom is -0.226 e. The fraction of sp³-hybridized carbons (Fsp3) is 0. The molecule has 4 heteroatoms. The van der Waals surface area contributed by atoms with E-state index in [-0.39, 0.29) is 0 Å². The Morgan fingerprint density at radius 2 is 0.917 bits per heavy atom. The van der Waals surface area contributed by atoms with Crippen LogP contribution in [0.1, 0.15) is 0 Å². The molecule has 3 heterocycles. The van der Waals surface area contributed by atoms with Crippen molar-refractivity contribution in [3.8, 4) is 0 Å². The van der Waals surface area contributed by atoms with Gasteiger partial charge >= 0.3 is 0 Å². The Bertz CT molecular complexity index is 1300. The summed E-state index contributed by atoms with van der Waals surface area (Å²) in [7, 11) is 0. The van der Waals surface area contributed by atoms with Gasteiger partial charge in [-0.25, -0.2) is 19.0 Å². The molecule has 6 rings (SSSR count). The van der Waals surface area contributed by atoms with Crippen molar-refractivity contribution < 1.29 is 0 Å². The molecule has 0 radical (unpaired) electrons. The van der Waals surface area contributed by atoms with E-state index in [9.17, 15) is 0 Å². The van der Waals surface area contributed by atoms with Gasteiger partial charge in [0.15, 0.2) is 11.3 Å². The molecular weight excluding hydrogens is 296 g/mol. The second-order valence-corrected chi connectivity index (χ2v) is 6.02. The van der Waals surface area contributed by atoms with Gasteiger partial charge < -0.3 is 0 Å². The highest BCUT2D eigenvalue weighted by molar-refractivity contribution is 6.06. The van der Waals surface area contributed by atoms with Gasteiger partial charge in [0.1, 0.15) is 0 Å². The van der Waals surface area contributed by atoms with Gasteiger partial charge in [-0.2, -0.15) is 0 Å². The monoisotopic (exact) mass is 308 g/mol. The van der Waals surface area contributed by atoms with E-state index in [0.717, 1.165) is 44.1 Å². The number of rotatable bonds is 0. The first-order valence-electron chi connectivity index (χ1n) is 7.97. The molecular formula is C20H12N4. The molecule has 0 amide bonds. The minimum atomic E-state index is 0.961. The van der Waals surface area contributed by atoms with Crippen LogP contribution in [-0.4, -0.2) is 19.0 Å². The highest BCUT2D eigenvalue weighted by atomic mass is 15.4. The number of aromatic nitrogens is 4. The lowest BCUT2D eigenvalue weighted by Gasteiger charge is -2.07. The summed E-state index contributed by atoms with van der Waals surface area (Å²) in [5.74, 6) is 0. The second kappa shape index (κ2) is 4.11. The normalized spacial score (nSPS) is 12.2. The third-order valence-electron chi connectivity index (χ3n) is 4.68. The molecule has 3 aromatic heterocycles. The van der Waals surface area contributed by atoms with Gasteiger partial charge in [0.05, 0.1) is 22.1 Å². The Morgan fingerprint density at radius 3 is 1.42 bits per heavy atom. The topological polar surface area (TPSA) is 34.6 Å². The van der Waals surface area contributed by atoms with Crippen molar-refractivity contribution in [3.05, 3.63) is 72.8 Å². The zero-order valence-electron chi connectivity index (χ0n) is 12.7. The zero-order chi connectivity index (χ0) is 15.7. The fourth-order valence-corrected chi connectivity index (χ4v) is 3.65. The molecule has 0 saturated carbocycles. The van der Waals surface area contributed by atoms with Crippen LogP contribution in [0, 0.1) is 0 Å². The number of fused-ring (bicyclic) bond motifs is 10. The van der Waals surface area contributed by atoms with Crippen molar-refractivity contribution in [2.75, 3.05) is 0 Å². The smallest absolute Gasteiger partial charge is 0.161 e. The van der Waals surface area contributed by atoms with Crippen LogP contribution in [0.5, 0.6) is 0 Å². The van der Waals surface area contributed by atoms with Crippen LogP contribution in [0.4, 0.5) is 0 Å². The molecule has 0 N–H and O–H groups in total. The van der Waals surface area contributed by atoms with Gasteiger partial charge in [-0.05, 0) is 24.3 Å². The molecule has 0 saturated heterocycles. The van der Waals surface area contributed by atoms with Crippen molar-refractivity contribution in [2.45, 2.75) is 0 Å². The standard InChI is InChI=1S/C20H12N4/c1-2-8-14-13(7-1)19-21-15-9-3-5-11-17(15)23(19)24-18-12-6-4-10-16(18)22-20(14)24/h1-12H. The van der Waals surface area contributed by atoms with E-state index in [1.165, 1.54) is 0 Å². The summed E-state index contributed by atoms with van der Waals surface area (Å²) in [6.07, 6.45) is 0. The molecule has 0 unspecified atom stereocenters. The predicted molar refractivity (Wildman–Crippen MR) is 96.5 cm³/mol. The molecule has 4 nitrogen and oxygen atoms in total. The summed E-state index contributed by atoms with van der Waals surface area (Å²) in [4.78, 5) is 9.79. The lowest BCUT2D eigenvalue weighted by molar-refractivity contribution is 0.917. The van der Waals surface area contributed by atoms with Crippen molar-refractivity contribution in [1.82, 2.24) is 19.0 Å². The fourth-order valence-electron chi connectivity index (χ4n) is 3.65. The van der Waals surface area contributed by atoms with Gasteiger partial charge in [-0.15, -0.1) is 0 Å². The van der Waals surface area contributed by atoms with E-state index in [1.807, 2.05) is 12.1 Å². The van der Waals surface area contributed by atoms with E-state index in [4.69, 9.17) is 9.97 Å². The average molecular weight is 308 g/mol. The van der Waals surface area contributed by atoms with E-state index >= 15 is 0 Å². The maximum atomic E-state index is 4.89. The molecule has 0 aliphatic carbocycles. The SMILES string of the molecule is c1ccc2c(c1)nc1c3ccccc3c3nc4ccccc4n3n21. The Balaban J connectivity index is 2.10.